The Hall–Kier alpha value is -3.83. The Bertz CT molecular complexity index is 1500. The van der Waals surface area contributed by atoms with Gasteiger partial charge in [0.25, 0.3) is 0 Å². The van der Waals surface area contributed by atoms with Crippen molar-refractivity contribution in [2.45, 2.75) is 45.8 Å². The molecule has 10 nitrogen and oxygen atoms in total. The lowest BCUT2D eigenvalue weighted by molar-refractivity contribution is -0.697. The Morgan fingerprint density at radius 2 is 1.40 bits per heavy atom. The molecule has 2 aromatic heterocycles. The maximum Gasteiger partial charge on any atom is 0.571 e. The van der Waals surface area contributed by atoms with E-state index < -0.39 is 18.3 Å². The minimum Gasteiger partial charge on any atom is -0.390 e. The fourth-order valence-electron chi connectivity index (χ4n) is 4.46. The first kappa shape index (κ1) is 32.7. The molecule has 0 amide bonds. The second kappa shape index (κ2) is 15.4. The maximum absolute atomic E-state index is 10.0. The summed E-state index contributed by atoms with van der Waals surface area (Å²) < 4.78 is 8.68. The van der Waals surface area contributed by atoms with E-state index in [4.69, 9.17) is 35.0 Å². The Labute approximate surface area is 248 Å². The highest BCUT2D eigenvalue weighted by Gasteiger charge is 2.26. The van der Waals surface area contributed by atoms with Crippen molar-refractivity contribution in [3.05, 3.63) is 99.4 Å². The lowest BCUT2D eigenvalue weighted by Crippen LogP contribution is -2.38. The molecular weight excluding hydrogens is 569 g/mol. The standard InChI is InChI=1S/C30H35N4O6Si2/c1-23-28(9-7-26-10-16-33(17-11-26)14-4-20-40-41(35)36)30(32-3)24(2)27(29(23)22-31)8-6-25-12-18-34(19-13-25)15-5-21-42(37,38)39/h6-13,16-19,35-39H,4-5,14-15,20-21H2,1-2H3/q+2/b8-6+,9-7+. The number of aryl methyl sites for hydroxylation is 2. The molecule has 2 heterocycles. The van der Waals surface area contributed by atoms with Gasteiger partial charge in [-0.1, -0.05) is 24.3 Å². The molecule has 42 heavy (non-hydrogen) atoms. The van der Waals surface area contributed by atoms with Crippen LogP contribution in [-0.2, 0) is 17.5 Å². The molecule has 3 rings (SSSR count). The van der Waals surface area contributed by atoms with Gasteiger partial charge >= 0.3 is 18.3 Å². The monoisotopic (exact) mass is 603 g/mol. The summed E-state index contributed by atoms with van der Waals surface area (Å²) >= 11 is 0. The van der Waals surface area contributed by atoms with Crippen molar-refractivity contribution >= 4 is 48.3 Å². The second-order valence-electron chi connectivity index (χ2n) is 9.79. The molecule has 1 radical (unpaired) electrons. The van der Waals surface area contributed by atoms with Crippen LogP contribution in [-0.4, -0.2) is 48.9 Å². The highest BCUT2D eigenvalue weighted by atomic mass is 28.4. The van der Waals surface area contributed by atoms with Gasteiger partial charge in [-0.25, -0.2) is 14.0 Å². The highest BCUT2D eigenvalue weighted by Crippen LogP contribution is 2.36. The summed E-state index contributed by atoms with van der Waals surface area (Å²) in [4.78, 5) is 49.0. The van der Waals surface area contributed by atoms with Crippen molar-refractivity contribution < 1.29 is 37.5 Å². The molecule has 0 saturated carbocycles. The van der Waals surface area contributed by atoms with Crippen LogP contribution in [0.15, 0.2) is 49.1 Å². The van der Waals surface area contributed by atoms with E-state index in [0.29, 0.717) is 48.3 Å². The van der Waals surface area contributed by atoms with Crippen LogP contribution in [0, 0.1) is 31.8 Å². The maximum atomic E-state index is 10.0. The van der Waals surface area contributed by atoms with Crippen LogP contribution >= 0.6 is 0 Å². The minimum absolute atomic E-state index is 0.0200. The van der Waals surface area contributed by atoms with Gasteiger partial charge in [0, 0.05) is 49.8 Å². The third-order valence-electron chi connectivity index (χ3n) is 6.73. The van der Waals surface area contributed by atoms with Crippen LogP contribution < -0.4 is 9.13 Å². The van der Waals surface area contributed by atoms with Crippen molar-refractivity contribution in [2.75, 3.05) is 6.61 Å². The molecule has 12 heteroatoms. The van der Waals surface area contributed by atoms with Crippen LogP contribution in [0.25, 0.3) is 29.1 Å². The van der Waals surface area contributed by atoms with E-state index in [1.54, 1.807) is 0 Å². The lowest BCUT2D eigenvalue weighted by atomic mass is 9.90. The quantitative estimate of drug-likeness (QED) is 0.0872. The van der Waals surface area contributed by atoms with E-state index in [1.807, 2.05) is 96.3 Å². The number of rotatable bonds is 13. The summed E-state index contributed by atoms with van der Waals surface area (Å²) in [7, 11) is -6.68. The summed E-state index contributed by atoms with van der Waals surface area (Å²) in [5.74, 6) is 0. The second-order valence-corrected chi connectivity index (χ2v) is 12.7. The van der Waals surface area contributed by atoms with Crippen LogP contribution in [0.4, 0.5) is 5.69 Å². The summed E-state index contributed by atoms with van der Waals surface area (Å²) in [5.41, 5.74) is 5.69. The van der Waals surface area contributed by atoms with Gasteiger partial charge in [0.2, 0.25) is 0 Å². The molecule has 0 aliphatic carbocycles. The van der Waals surface area contributed by atoms with Gasteiger partial charge in [-0.15, -0.1) is 0 Å². The molecule has 217 valence electrons. The van der Waals surface area contributed by atoms with E-state index >= 15 is 0 Å². The normalized spacial score (nSPS) is 11.9. The van der Waals surface area contributed by atoms with E-state index in [2.05, 4.69) is 10.9 Å². The first-order chi connectivity index (χ1) is 20.0. The summed E-state index contributed by atoms with van der Waals surface area (Å²) in [6, 6.07) is 9.98. The average Bonchev–Trinajstić information content (AvgIpc) is 2.95. The fourth-order valence-corrected chi connectivity index (χ4v) is 5.42. The Kier molecular flexibility index (Phi) is 12.0. The third-order valence-corrected chi connectivity index (χ3v) is 8.21. The van der Waals surface area contributed by atoms with Gasteiger partial charge in [0.1, 0.15) is 6.54 Å². The van der Waals surface area contributed by atoms with Crippen molar-refractivity contribution in [1.29, 1.82) is 5.26 Å². The number of benzene rings is 1. The van der Waals surface area contributed by atoms with Gasteiger partial charge in [-0.2, -0.15) is 5.26 Å². The molecule has 3 aromatic rings. The van der Waals surface area contributed by atoms with Crippen molar-refractivity contribution in [1.82, 2.24) is 0 Å². The number of hydrogen-bond acceptors (Lipinski definition) is 7. The molecule has 0 aliphatic heterocycles. The number of pyridine rings is 2. The van der Waals surface area contributed by atoms with Gasteiger partial charge < -0.3 is 28.4 Å². The van der Waals surface area contributed by atoms with E-state index in [1.165, 1.54) is 0 Å². The molecule has 0 aliphatic rings. The number of aromatic nitrogens is 2. The van der Waals surface area contributed by atoms with Crippen LogP contribution in [0.5, 0.6) is 0 Å². The molecule has 0 atom stereocenters. The minimum atomic E-state index is -4.03. The van der Waals surface area contributed by atoms with E-state index in [0.717, 1.165) is 22.3 Å². The summed E-state index contributed by atoms with van der Waals surface area (Å²) in [6.45, 7) is 13.1. The molecule has 0 spiro atoms. The van der Waals surface area contributed by atoms with Gasteiger partial charge in [0.15, 0.2) is 37.0 Å². The number of hydrogen-bond donors (Lipinski definition) is 5. The molecule has 0 saturated heterocycles. The van der Waals surface area contributed by atoms with Crippen LogP contribution in [0.1, 0.15) is 51.8 Å². The van der Waals surface area contributed by atoms with Crippen LogP contribution in [0.3, 0.4) is 0 Å². The van der Waals surface area contributed by atoms with Crippen molar-refractivity contribution in [3.8, 4) is 6.07 Å². The molecule has 0 bridgehead atoms. The predicted molar refractivity (Wildman–Crippen MR) is 161 cm³/mol. The largest absolute Gasteiger partial charge is 0.571 e. The Morgan fingerprint density at radius 3 is 1.88 bits per heavy atom. The molecule has 0 fully saturated rings. The molecule has 1 aromatic carbocycles. The Balaban J connectivity index is 1.78. The predicted octanol–water partition coefficient (Wildman–Crippen LogP) is 2.32. The van der Waals surface area contributed by atoms with E-state index in [-0.39, 0.29) is 12.7 Å². The smallest absolute Gasteiger partial charge is 0.390 e. The van der Waals surface area contributed by atoms with Crippen molar-refractivity contribution in [3.63, 3.8) is 0 Å². The zero-order chi connectivity index (χ0) is 30.7. The van der Waals surface area contributed by atoms with Gasteiger partial charge in [-0.3, -0.25) is 0 Å². The molecule has 0 unspecified atom stereocenters. The van der Waals surface area contributed by atoms with E-state index in [9.17, 15) is 5.26 Å². The molecule has 5 N–H and O–H groups in total. The number of nitriles is 1. The third kappa shape index (κ3) is 9.63. The first-order valence-corrected chi connectivity index (χ1v) is 16.7. The lowest BCUT2D eigenvalue weighted by Gasteiger charge is -2.14. The molecular formula is C30H35N4O6Si2+2. The van der Waals surface area contributed by atoms with Gasteiger partial charge in [-0.05, 0) is 47.2 Å². The first-order valence-electron chi connectivity index (χ1n) is 13.4. The van der Waals surface area contributed by atoms with Crippen LogP contribution in [0.2, 0.25) is 6.04 Å². The topological polar surface area (TPSA) is 146 Å². The summed E-state index contributed by atoms with van der Waals surface area (Å²) in [5, 5.41) is 10.0. The SMILES string of the molecule is [C-]#[N+]c1c(C)c(/C=C/c2cc[n+](CCC[Si](O)(O)O)cc2)c(C#N)c(C)c1/C=C/c1cc[n+](CCCO[Si](O)O)cc1. The van der Waals surface area contributed by atoms with Gasteiger partial charge in [0.05, 0.1) is 18.2 Å². The summed E-state index contributed by atoms with van der Waals surface area (Å²) in [6.07, 6.45) is 16.2. The fraction of sp³-hybridized carbons (Fsp3) is 0.267. The zero-order valence-corrected chi connectivity index (χ0v) is 25.6. The number of nitrogens with zero attached hydrogens (tertiary/aromatic N) is 4. The van der Waals surface area contributed by atoms with Crippen molar-refractivity contribution in [2.24, 2.45) is 0 Å². The Morgan fingerprint density at radius 1 is 0.881 bits per heavy atom. The average molecular weight is 604 g/mol. The highest BCUT2D eigenvalue weighted by molar-refractivity contribution is 6.56. The zero-order valence-electron chi connectivity index (χ0n) is 23.6.